The van der Waals surface area contributed by atoms with Gasteiger partial charge < -0.3 is 5.32 Å². The first-order valence-electron chi connectivity index (χ1n) is 6.90. The van der Waals surface area contributed by atoms with Gasteiger partial charge in [-0.1, -0.05) is 18.6 Å². The molecular weight excluding hydrogens is 306 g/mol. The van der Waals surface area contributed by atoms with E-state index in [1.54, 1.807) is 5.57 Å². The summed E-state index contributed by atoms with van der Waals surface area (Å²) in [6.07, 6.45) is 8.87. The first-order chi connectivity index (χ1) is 8.72. The van der Waals surface area contributed by atoms with Gasteiger partial charge in [0.25, 0.3) is 0 Å². The van der Waals surface area contributed by atoms with E-state index in [1.807, 2.05) is 11.3 Å². The highest BCUT2D eigenvalue weighted by molar-refractivity contribution is 9.11. The van der Waals surface area contributed by atoms with Crippen molar-refractivity contribution in [2.45, 2.75) is 52.0 Å². The lowest BCUT2D eigenvalue weighted by Crippen LogP contribution is -2.24. The van der Waals surface area contributed by atoms with E-state index in [0.29, 0.717) is 6.04 Å². The normalized spacial score (nSPS) is 17.6. The monoisotopic (exact) mass is 327 g/mol. The Labute approximate surface area is 123 Å². The Hall–Kier alpha value is -0.120. The van der Waals surface area contributed by atoms with Crippen molar-refractivity contribution in [3.63, 3.8) is 0 Å². The topological polar surface area (TPSA) is 12.0 Å². The summed E-state index contributed by atoms with van der Waals surface area (Å²) in [6.45, 7) is 5.50. The quantitative estimate of drug-likeness (QED) is 0.718. The standard InChI is InChI=1S/C15H22BrNS/c1-3-9-17-14(12-7-5-4-6-8-12)13-10-11(2)15(16)18-13/h7,10,14,17H,3-6,8-9H2,1-2H3. The SMILES string of the molecule is CCCNC(C1=CCCCC1)c1cc(C)c(Br)s1. The zero-order valence-electron chi connectivity index (χ0n) is 11.3. The second kappa shape index (κ2) is 6.88. The number of hydrogen-bond donors (Lipinski definition) is 1. The van der Waals surface area contributed by atoms with Crippen LogP contribution in [0.4, 0.5) is 0 Å². The lowest BCUT2D eigenvalue weighted by molar-refractivity contribution is 0.552. The van der Waals surface area contributed by atoms with Gasteiger partial charge in [-0.2, -0.15) is 0 Å². The number of hydrogen-bond acceptors (Lipinski definition) is 2. The lowest BCUT2D eigenvalue weighted by atomic mass is 9.93. The molecule has 3 heteroatoms. The molecule has 0 radical (unpaired) electrons. The van der Waals surface area contributed by atoms with Gasteiger partial charge in [0.15, 0.2) is 0 Å². The molecule has 0 aliphatic heterocycles. The molecule has 0 bridgehead atoms. The van der Waals surface area contributed by atoms with Crippen LogP contribution in [-0.2, 0) is 0 Å². The fraction of sp³-hybridized carbons (Fsp3) is 0.600. The maximum Gasteiger partial charge on any atom is 0.0731 e. The lowest BCUT2D eigenvalue weighted by Gasteiger charge is -2.23. The molecule has 0 aromatic carbocycles. The van der Waals surface area contributed by atoms with Crippen molar-refractivity contribution in [1.29, 1.82) is 0 Å². The van der Waals surface area contributed by atoms with Gasteiger partial charge in [-0.15, -0.1) is 11.3 Å². The average molecular weight is 328 g/mol. The maximum atomic E-state index is 3.72. The highest BCUT2D eigenvalue weighted by atomic mass is 79.9. The van der Waals surface area contributed by atoms with Crippen LogP contribution < -0.4 is 5.32 Å². The fourth-order valence-electron chi connectivity index (χ4n) is 2.45. The molecule has 100 valence electrons. The molecule has 0 spiro atoms. The molecule has 0 fully saturated rings. The first kappa shape index (κ1) is 14.3. The Kier molecular flexibility index (Phi) is 5.46. The average Bonchev–Trinajstić information content (AvgIpc) is 2.71. The molecule has 1 aromatic heterocycles. The molecule has 1 aromatic rings. The molecule has 1 aliphatic rings. The number of allylic oxidation sites excluding steroid dienone is 1. The number of aryl methyl sites for hydroxylation is 1. The Morgan fingerprint density at radius 1 is 1.44 bits per heavy atom. The minimum atomic E-state index is 0.445. The van der Waals surface area contributed by atoms with E-state index in [0.717, 1.165) is 6.54 Å². The van der Waals surface area contributed by atoms with E-state index >= 15 is 0 Å². The second-order valence-electron chi connectivity index (χ2n) is 5.02. The van der Waals surface area contributed by atoms with Gasteiger partial charge >= 0.3 is 0 Å². The van der Waals surface area contributed by atoms with Crippen molar-refractivity contribution in [2.24, 2.45) is 0 Å². The Morgan fingerprint density at radius 3 is 2.83 bits per heavy atom. The van der Waals surface area contributed by atoms with E-state index in [1.165, 1.54) is 46.3 Å². The predicted octanol–water partition coefficient (Wildman–Crippen LogP) is 5.36. The van der Waals surface area contributed by atoms with Crippen LogP contribution in [-0.4, -0.2) is 6.54 Å². The molecular formula is C15H22BrNS. The van der Waals surface area contributed by atoms with E-state index < -0.39 is 0 Å². The summed E-state index contributed by atoms with van der Waals surface area (Å²) in [4.78, 5) is 1.46. The third-order valence-electron chi connectivity index (χ3n) is 3.46. The number of thiophene rings is 1. The number of halogens is 1. The number of rotatable bonds is 5. The molecule has 1 nitrogen and oxygen atoms in total. The van der Waals surface area contributed by atoms with Crippen molar-refractivity contribution in [1.82, 2.24) is 5.32 Å². The number of nitrogens with one attached hydrogen (secondary N) is 1. The van der Waals surface area contributed by atoms with Gasteiger partial charge in [0.05, 0.1) is 9.83 Å². The molecule has 1 unspecified atom stereocenters. The summed E-state index contributed by atoms with van der Waals surface area (Å²) in [6, 6.07) is 2.78. The Balaban J connectivity index is 2.20. The van der Waals surface area contributed by atoms with Gasteiger partial charge in [-0.3, -0.25) is 0 Å². The first-order valence-corrected chi connectivity index (χ1v) is 8.51. The minimum absolute atomic E-state index is 0.445. The van der Waals surface area contributed by atoms with Crippen LogP contribution in [0.15, 0.2) is 21.5 Å². The fourth-order valence-corrected chi connectivity index (χ4v) is 4.14. The second-order valence-corrected chi connectivity index (χ2v) is 7.42. The van der Waals surface area contributed by atoms with Gasteiger partial charge in [0, 0.05) is 4.88 Å². The van der Waals surface area contributed by atoms with E-state index in [-0.39, 0.29) is 0 Å². The van der Waals surface area contributed by atoms with Crippen LogP contribution >= 0.6 is 27.3 Å². The summed E-state index contributed by atoms with van der Waals surface area (Å²) in [5.41, 5.74) is 2.96. The maximum absolute atomic E-state index is 3.72. The molecule has 0 saturated carbocycles. The van der Waals surface area contributed by atoms with Gasteiger partial charge in [-0.25, -0.2) is 0 Å². The summed E-state index contributed by atoms with van der Waals surface area (Å²) in [5, 5.41) is 3.72. The van der Waals surface area contributed by atoms with Crippen LogP contribution in [0.5, 0.6) is 0 Å². The third-order valence-corrected chi connectivity index (χ3v) is 5.66. The smallest absolute Gasteiger partial charge is 0.0731 e. The zero-order chi connectivity index (χ0) is 13.0. The van der Waals surface area contributed by atoms with Gasteiger partial charge in [0.1, 0.15) is 0 Å². The molecule has 1 aliphatic carbocycles. The summed E-state index contributed by atoms with van der Waals surface area (Å²) < 4.78 is 1.28. The molecule has 1 heterocycles. The molecule has 0 amide bonds. The molecule has 2 rings (SSSR count). The van der Waals surface area contributed by atoms with Gasteiger partial charge in [-0.05, 0) is 73.1 Å². The van der Waals surface area contributed by atoms with Crippen LogP contribution in [0.3, 0.4) is 0 Å². The Morgan fingerprint density at radius 2 is 2.28 bits per heavy atom. The highest BCUT2D eigenvalue weighted by Crippen LogP contribution is 2.37. The van der Waals surface area contributed by atoms with Crippen LogP contribution in [0.25, 0.3) is 0 Å². The van der Waals surface area contributed by atoms with Crippen molar-refractivity contribution in [3.8, 4) is 0 Å². The predicted molar refractivity (Wildman–Crippen MR) is 84.3 cm³/mol. The van der Waals surface area contributed by atoms with E-state index in [4.69, 9.17) is 0 Å². The van der Waals surface area contributed by atoms with Crippen LogP contribution in [0.1, 0.15) is 55.5 Å². The minimum Gasteiger partial charge on any atom is -0.306 e. The Bertz CT molecular complexity index is 403. The van der Waals surface area contributed by atoms with Crippen molar-refractivity contribution < 1.29 is 0 Å². The van der Waals surface area contributed by atoms with Gasteiger partial charge in [0.2, 0.25) is 0 Å². The zero-order valence-corrected chi connectivity index (χ0v) is 13.7. The summed E-state index contributed by atoms with van der Waals surface area (Å²) in [7, 11) is 0. The van der Waals surface area contributed by atoms with Crippen molar-refractivity contribution in [3.05, 3.63) is 31.9 Å². The van der Waals surface area contributed by atoms with E-state index in [2.05, 4.69) is 47.2 Å². The molecule has 0 saturated heterocycles. The van der Waals surface area contributed by atoms with Crippen LogP contribution in [0.2, 0.25) is 0 Å². The summed E-state index contributed by atoms with van der Waals surface area (Å²) >= 11 is 5.53. The largest absolute Gasteiger partial charge is 0.306 e. The van der Waals surface area contributed by atoms with E-state index in [9.17, 15) is 0 Å². The van der Waals surface area contributed by atoms with Crippen molar-refractivity contribution in [2.75, 3.05) is 6.54 Å². The molecule has 1 N–H and O–H groups in total. The van der Waals surface area contributed by atoms with Crippen LogP contribution in [0, 0.1) is 6.92 Å². The highest BCUT2D eigenvalue weighted by Gasteiger charge is 2.20. The molecule has 1 atom stereocenters. The summed E-state index contributed by atoms with van der Waals surface area (Å²) in [5.74, 6) is 0. The van der Waals surface area contributed by atoms with Crippen molar-refractivity contribution >= 4 is 27.3 Å². The third kappa shape index (κ3) is 3.46. The molecule has 18 heavy (non-hydrogen) atoms.